The molecule has 0 unspecified atom stereocenters. The lowest BCUT2D eigenvalue weighted by Crippen LogP contribution is -1.63. The highest BCUT2D eigenvalue weighted by atomic mass is 32.1. The first-order chi connectivity index (χ1) is 3.29. The van der Waals surface area contributed by atoms with Crippen LogP contribution in [0.4, 0.5) is 0 Å². The van der Waals surface area contributed by atoms with Gasteiger partial charge < -0.3 is 4.42 Å². The molecule has 1 heterocycles. The Hall–Kier alpha value is -0.440. The quantitative estimate of drug-likeness (QED) is 0.515. The van der Waals surface area contributed by atoms with Crippen LogP contribution in [0.3, 0.4) is 0 Å². The van der Waals surface area contributed by atoms with E-state index in [1.165, 1.54) is 6.26 Å². The van der Waals surface area contributed by atoms with Crippen molar-refractivity contribution in [3.63, 3.8) is 0 Å². The number of oxazole rings is 1. The van der Waals surface area contributed by atoms with Gasteiger partial charge in [0.15, 0.2) is 5.89 Å². The van der Waals surface area contributed by atoms with Crippen LogP contribution in [0.5, 0.6) is 0 Å². The number of rotatable bonds is 0. The molecule has 0 saturated heterocycles. The van der Waals surface area contributed by atoms with Crippen molar-refractivity contribution in [3.8, 4) is 0 Å². The highest BCUT2D eigenvalue weighted by Gasteiger charge is 1.88. The molecule has 0 aromatic carbocycles. The first kappa shape index (κ1) is 4.71. The molecular formula is C4H5NOS. The van der Waals surface area contributed by atoms with Crippen molar-refractivity contribution in [1.82, 2.24) is 4.98 Å². The highest BCUT2D eigenvalue weighted by Crippen LogP contribution is 2.02. The zero-order valence-electron chi connectivity index (χ0n) is 3.88. The van der Waals surface area contributed by atoms with Gasteiger partial charge in [-0.2, -0.15) is 0 Å². The first-order valence-electron chi connectivity index (χ1n) is 1.90. The molecule has 0 saturated carbocycles. The molecule has 0 aliphatic carbocycles. The second-order valence-corrected chi connectivity index (χ2v) is 1.68. The maximum atomic E-state index is 4.78. The van der Waals surface area contributed by atoms with Crippen molar-refractivity contribution in [2.24, 2.45) is 0 Å². The van der Waals surface area contributed by atoms with E-state index in [2.05, 4.69) is 17.6 Å². The maximum absolute atomic E-state index is 4.78. The number of hydrogen-bond acceptors (Lipinski definition) is 3. The third-order valence-corrected chi connectivity index (χ3v) is 0.812. The smallest absolute Gasteiger partial charge is 0.191 e. The summed E-state index contributed by atoms with van der Waals surface area (Å²) in [5.74, 6) is 0.657. The zero-order chi connectivity index (χ0) is 5.28. The molecule has 0 fully saturated rings. The fourth-order valence-corrected chi connectivity index (χ4v) is 0.546. The summed E-state index contributed by atoms with van der Waals surface area (Å²) in [6.07, 6.45) is 1.50. The van der Waals surface area contributed by atoms with Gasteiger partial charge in [-0.25, -0.2) is 4.98 Å². The molecule has 1 aromatic rings. The molecule has 2 nitrogen and oxygen atoms in total. The van der Waals surface area contributed by atoms with Gasteiger partial charge in [-0.15, -0.1) is 12.6 Å². The SMILES string of the molecule is Cc1nc(S)co1. The van der Waals surface area contributed by atoms with E-state index < -0.39 is 0 Å². The van der Waals surface area contributed by atoms with Gasteiger partial charge in [-0.05, 0) is 0 Å². The fourth-order valence-electron chi connectivity index (χ4n) is 0.352. The van der Waals surface area contributed by atoms with Crippen LogP contribution in [-0.2, 0) is 0 Å². The highest BCUT2D eigenvalue weighted by molar-refractivity contribution is 7.80. The summed E-state index contributed by atoms with van der Waals surface area (Å²) in [6, 6.07) is 0. The van der Waals surface area contributed by atoms with Crippen molar-refractivity contribution in [3.05, 3.63) is 12.2 Å². The predicted molar refractivity (Wildman–Crippen MR) is 28.5 cm³/mol. The third kappa shape index (κ3) is 0.962. The first-order valence-corrected chi connectivity index (χ1v) is 2.35. The summed E-state index contributed by atoms with van der Waals surface area (Å²) < 4.78 is 4.78. The normalized spacial score (nSPS) is 9.43. The number of nitrogens with zero attached hydrogens (tertiary/aromatic N) is 1. The van der Waals surface area contributed by atoms with Gasteiger partial charge in [0.05, 0.1) is 0 Å². The third-order valence-electron chi connectivity index (χ3n) is 0.607. The number of hydrogen-bond donors (Lipinski definition) is 1. The van der Waals surface area contributed by atoms with Gasteiger partial charge in [0.2, 0.25) is 0 Å². The lowest BCUT2D eigenvalue weighted by Gasteiger charge is -1.68. The number of aromatic nitrogens is 1. The van der Waals surface area contributed by atoms with Crippen molar-refractivity contribution in [1.29, 1.82) is 0 Å². The fraction of sp³-hybridized carbons (Fsp3) is 0.250. The lowest BCUT2D eigenvalue weighted by molar-refractivity contribution is 0.520. The topological polar surface area (TPSA) is 26.0 Å². The van der Waals surface area contributed by atoms with Crippen LogP contribution in [0, 0.1) is 6.92 Å². The Labute approximate surface area is 47.0 Å². The lowest BCUT2D eigenvalue weighted by atomic mass is 10.8. The Balaban J connectivity index is 3.04. The average Bonchev–Trinajstić information content (AvgIpc) is 1.87. The molecule has 0 atom stereocenters. The average molecular weight is 115 g/mol. The Morgan fingerprint density at radius 2 is 2.57 bits per heavy atom. The molecule has 0 amide bonds. The Bertz CT molecular complexity index is 144. The Kier molecular flexibility index (Phi) is 1.06. The van der Waals surface area contributed by atoms with Gasteiger partial charge in [-0.1, -0.05) is 0 Å². The molecule has 3 heteroatoms. The monoisotopic (exact) mass is 115 g/mol. The summed E-state index contributed by atoms with van der Waals surface area (Å²) in [6.45, 7) is 1.78. The van der Waals surface area contributed by atoms with E-state index in [4.69, 9.17) is 4.42 Å². The second-order valence-electron chi connectivity index (χ2n) is 1.22. The summed E-state index contributed by atoms with van der Waals surface area (Å²) in [5.41, 5.74) is 0. The predicted octanol–water partition coefficient (Wildman–Crippen LogP) is 1.27. The molecule has 0 bridgehead atoms. The molecule has 0 N–H and O–H groups in total. The van der Waals surface area contributed by atoms with Crippen molar-refractivity contribution in [2.45, 2.75) is 11.9 Å². The molecule has 0 radical (unpaired) electrons. The van der Waals surface area contributed by atoms with E-state index in [1.807, 2.05) is 0 Å². The van der Waals surface area contributed by atoms with Crippen LogP contribution in [0.25, 0.3) is 0 Å². The van der Waals surface area contributed by atoms with Gasteiger partial charge in [-0.3, -0.25) is 0 Å². The zero-order valence-corrected chi connectivity index (χ0v) is 4.77. The van der Waals surface area contributed by atoms with Gasteiger partial charge in [0, 0.05) is 6.92 Å². The van der Waals surface area contributed by atoms with E-state index in [9.17, 15) is 0 Å². The van der Waals surface area contributed by atoms with Gasteiger partial charge >= 0.3 is 0 Å². The molecule has 0 aliphatic rings. The van der Waals surface area contributed by atoms with Crippen LogP contribution in [0.2, 0.25) is 0 Å². The van der Waals surface area contributed by atoms with Crippen LogP contribution in [0.15, 0.2) is 15.7 Å². The number of aryl methyl sites for hydroxylation is 1. The summed E-state index contributed by atoms with van der Waals surface area (Å²) in [5, 5.41) is 0.637. The molecule has 38 valence electrons. The summed E-state index contributed by atoms with van der Waals surface area (Å²) in [7, 11) is 0. The van der Waals surface area contributed by atoms with Crippen LogP contribution in [0.1, 0.15) is 5.89 Å². The van der Waals surface area contributed by atoms with E-state index in [0.29, 0.717) is 10.9 Å². The van der Waals surface area contributed by atoms with E-state index >= 15 is 0 Å². The number of thiol groups is 1. The van der Waals surface area contributed by atoms with Gasteiger partial charge in [0.1, 0.15) is 11.3 Å². The minimum atomic E-state index is 0.637. The van der Waals surface area contributed by atoms with Crippen LogP contribution >= 0.6 is 12.6 Å². The van der Waals surface area contributed by atoms with E-state index in [0.717, 1.165) is 0 Å². The molecule has 0 spiro atoms. The summed E-state index contributed by atoms with van der Waals surface area (Å²) in [4.78, 5) is 3.81. The minimum absolute atomic E-state index is 0.637. The summed E-state index contributed by atoms with van der Waals surface area (Å²) >= 11 is 3.90. The largest absolute Gasteiger partial charge is 0.448 e. The Morgan fingerprint density at radius 1 is 1.86 bits per heavy atom. The van der Waals surface area contributed by atoms with Crippen molar-refractivity contribution >= 4 is 12.6 Å². The molecule has 0 aliphatic heterocycles. The molecule has 1 aromatic heterocycles. The molecule has 1 rings (SSSR count). The van der Waals surface area contributed by atoms with Crippen LogP contribution in [-0.4, -0.2) is 4.98 Å². The van der Waals surface area contributed by atoms with Crippen LogP contribution < -0.4 is 0 Å². The van der Waals surface area contributed by atoms with E-state index in [1.54, 1.807) is 6.92 Å². The standard InChI is InChI=1S/C4H5NOS/c1-3-5-4(7)2-6-3/h2,7H,1H3. The maximum Gasteiger partial charge on any atom is 0.191 e. The minimum Gasteiger partial charge on any atom is -0.448 e. The molecular weight excluding hydrogens is 110 g/mol. The molecule has 7 heavy (non-hydrogen) atoms. The van der Waals surface area contributed by atoms with Crippen molar-refractivity contribution in [2.75, 3.05) is 0 Å². The second kappa shape index (κ2) is 1.58. The van der Waals surface area contributed by atoms with Crippen molar-refractivity contribution < 1.29 is 4.42 Å². The Morgan fingerprint density at radius 3 is 2.71 bits per heavy atom. The van der Waals surface area contributed by atoms with Gasteiger partial charge in [0.25, 0.3) is 0 Å². The van der Waals surface area contributed by atoms with E-state index in [-0.39, 0.29) is 0 Å².